The highest BCUT2D eigenvalue weighted by Gasteiger charge is 2.43. The zero-order valence-corrected chi connectivity index (χ0v) is 21.3. The summed E-state index contributed by atoms with van der Waals surface area (Å²) in [5.41, 5.74) is -1.25. The highest BCUT2D eigenvalue weighted by Crippen LogP contribution is 2.33. The SMILES string of the molecule is CCCCCC(/C=C/CC(CCCCCCC(=O)OCC)(C(C)=O)C(=O)OCC)OC(C)=O. The van der Waals surface area contributed by atoms with Crippen molar-refractivity contribution in [2.45, 2.75) is 111 Å². The van der Waals surface area contributed by atoms with E-state index in [1.54, 1.807) is 26.0 Å². The average Bonchev–Trinajstić information content (AvgIpc) is 2.74. The van der Waals surface area contributed by atoms with Crippen LogP contribution in [0.5, 0.6) is 0 Å². The number of ether oxygens (including phenoxy) is 3. The molecule has 0 aliphatic carbocycles. The van der Waals surface area contributed by atoms with Crippen LogP contribution in [0.25, 0.3) is 0 Å². The molecule has 0 aliphatic rings. The van der Waals surface area contributed by atoms with Crippen LogP contribution in [0.2, 0.25) is 0 Å². The van der Waals surface area contributed by atoms with Crippen LogP contribution in [0.3, 0.4) is 0 Å². The van der Waals surface area contributed by atoms with E-state index in [2.05, 4.69) is 6.92 Å². The maximum absolute atomic E-state index is 12.8. The summed E-state index contributed by atoms with van der Waals surface area (Å²) in [6.45, 7) is 8.99. The minimum absolute atomic E-state index is 0.199. The lowest BCUT2D eigenvalue weighted by molar-refractivity contribution is -0.160. The van der Waals surface area contributed by atoms with Crippen molar-refractivity contribution in [1.29, 1.82) is 0 Å². The van der Waals surface area contributed by atoms with Crippen LogP contribution >= 0.6 is 0 Å². The molecule has 0 aromatic carbocycles. The summed E-state index contributed by atoms with van der Waals surface area (Å²) in [6.07, 6.45) is 10.9. The van der Waals surface area contributed by atoms with Crippen molar-refractivity contribution in [3.05, 3.63) is 12.2 Å². The Labute approximate surface area is 199 Å². The Bertz CT molecular complexity index is 626. The molecule has 33 heavy (non-hydrogen) atoms. The molecule has 7 heteroatoms. The van der Waals surface area contributed by atoms with E-state index >= 15 is 0 Å². The van der Waals surface area contributed by atoms with Gasteiger partial charge in [0.25, 0.3) is 0 Å². The lowest BCUT2D eigenvalue weighted by atomic mass is 9.76. The summed E-state index contributed by atoms with van der Waals surface area (Å²) in [6, 6.07) is 0. The first-order valence-electron chi connectivity index (χ1n) is 12.4. The van der Waals surface area contributed by atoms with Crippen molar-refractivity contribution in [2.75, 3.05) is 13.2 Å². The standard InChI is InChI=1S/C26H44O7/c1-6-9-12-16-23(33-22(5)28)17-15-20-26(21(4)27,25(30)32-8-3)19-14-11-10-13-18-24(29)31-7-2/h15,17,23H,6-14,16,18-20H2,1-5H3/b17-15+. The van der Waals surface area contributed by atoms with Gasteiger partial charge in [-0.2, -0.15) is 0 Å². The van der Waals surface area contributed by atoms with Gasteiger partial charge in [0.1, 0.15) is 17.3 Å². The van der Waals surface area contributed by atoms with Crippen molar-refractivity contribution in [2.24, 2.45) is 5.41 Å². The molecule has 0 heterocycles. The Morgan fingerprint density at radius 2 is 1.52 bits per heavy atom. The predicted octanol–water partition coefficient (Wildman–Crippen LogP) is 5.49. The molecular weight excluding hydrogens is 424 g/mol. The Morgan fingerprint density at radius 3 is 2.09 bits per heavy atom. The van der Waals surface area contributed by atoms with Crippen molar-refractivity contribution in [3.8, 4) is 0 Å². The van der Waals surface area contributed by atoms with E-state index < -0.39 is 11.4 Å². The second-order valence-electron chi connectivity index (χ2n) is 8.35. The summed E-state index contributed by atoms with van der Waals surface area (Å²) in [5, 5.41) is 0. The van der Waals surface area contributed by atoms with E-state index in [1.807, 2.05) is 0 Å². The van der Waals surface area contributed by atoms with E-state index in [4.69, 9.17) is 14.2 Å². The first-order chi connectivity index (χ1) is 15.7. The Hall–Kier alpha value is -2.18. The fourth-order valence-corrected chi connectivity index (χ4v) is 3.73. The first-order valence-corrected chi connectivity index (χ1v) is 12.4. The van der Waals surface area contributed by atoms with Crippen LogP contribution in [0.15, 0.2) is 12.2 Å². The molecule has 0 N–H and O–H groups in total. The fourth-order valence-electron chi connectivity index (χ4n) is 3.73. The first kappa shape index (κ1) is 30.8. The van der Waals surface area contributed by atoms with E-state index in [0.29, 0.717) is 38.7 Å². The van der Waals surface area contributed by atoms with Gasteiger partial charge in [-0.15, -0.1) is 0 Å². The number of esters is 3. The van der Waals surface area contributed by atoms with E-state index in [9.17, 15) is 19.2 Å². The highest BCUT2D eigenvalue weighted by molar-refractivity contribution is 6.02. The van der Waals surface area contributed by atoms with Crippen LogP contribution in [-0.4, -0.2) is 43.0 Å². The number of allylic oxidation sites excluding steroid dienone is 1. The zero-order valence-electron chi connectivity index (χ0n) is 21.3. The lowest BCUT2D eigenvalue weighted by Crippen LogP contribution is -2.39. The maximum atomic E-state index is 12.8. The molecule has 7 nitrogen and oxygen atoms in total. The van der Waals surface area contributed by atoms with E-state index in [0.717, 1.165) is 32.1 Å². The minimum atomic E-state index is -1.25. The second-order valence-corrected chi connectivity index (χ2v) is 8.35. The molecule has 190 valence electrons. The molecule has 0 aliphatic heterocycles. The van der Waals surface area contributed by atoms with Gasteiger partial charge in [0.15, 0.2) is 0 Å². The van der Waals surface area contributed by atoms with Gasteiger partial charge in [0.2, 0.25) is 0 Å². The number of hydrogen-bond acceptors (Lipinski definition) is 7. The molecule has 0 bridgehead atoms. The van der Waals surface area contributed by atoms with Gasteiger partial charge in [-0.1, -0.05) is 45.1 Å². The molecule has 0 saturated carbocycles. The van der Waals surface area contributed by atoms with E-state index in [-0.39, 0.29) is 36.9 Å². The molecule has 0 spiro atoms. The van der Waals surface area contributed by atoms with Crippen LogP contribution in [0.1, 0.15) is 105 Å². The number of ketones is 1. The predicted molar refractivity (Wildman–Crippen MR) is 128 cm³/mol. The molecule has 2 unspecified atom stereocenters. The van der Waals surface area contributed by atoms with Crippen molar-refractivity contribution in [1.82, 2.24) is 0 Å². The van der Waals surface area contributed by atoms with Crippen LogP contribution in [-0.2, 0) is 33.4 Å². The van der Waals surface area contributed by atoms with Gasteiger partial charge in [-0.05, 0) is 59.0 Å². The minimum Gasteiger partial charge on any atom is -0.466 e. The molecular formula is C26H44O7. The smallest absolute Gasteiger partial charge is 0.319 e. The molecule has 0 saturated heterocycles. The van der Waals surface area contributed by atoms with Gasteiger partial charge in [0, 0.05) is 13.3 Å². The Balaban J connectivity index is 5.13. The Kier molecular flexibility index (Phi) is 17.1. The van der Waals surface area contributed by atoms with Crippen LogP contribution in [0, 0.1) is 5.41 Å². The van der Waals surface area contributed by atoms with Crippen LogP contribution < -0.4 is 0 Å². The monoisotopic (exact) mass is 468 g/mol. The number of Topliss-reactive ketones (excluding diaryl/α,β-unsaturated/α-hetero) is 1. The molecule has 0 radical (unpaired) electrons. The van der Waals surface area contributed by atoms with Gasteiger partial charge in [0.05, 0.1) is 13.2 Å². The number of carbonyl (C=O) groups is 4. The normalized spacial score (nSPS) is 13.8. The Morgan fingerprint density at radius 1 is 0.848 bits per heavy atom. The third kappa shape index (κ3) is 13.2. The second kappa shape index (κ2) is 18.3. The largest absolute Gasteiger partial charge is 0.466 e. The third-order valence-corrected chi connectivity index (χ3v) is 5.61. The molecule has 0 aromatic rings. The van der Waals surface area contributed by atoms with Gasteiger partial charge in [-0.3, -0.25) is 19.2 Å². The number of unbranched alkanes of at least 4 members (excludes halogenated alkanes) is 5. The third-order valence-electron chi connectivity index (χ3n) is 5.61. The topological polar surface area (TPSA) is 96.0 Å². The molecule has 0 amide bonds. The summed E-state index contributed by atoms with van der Waals surface area (Å²) in [7, 11) is 0. The quantitative estimate of drug-likeness (QED) is 0.0813. The van der Waals surface area contributed by atoms with Gasteiger partial charge >= 0.3 is 17.9 Å². The molecule has 0 fully saturated rings. The van der Waals surface area contributed by atoms with Crippen molar-refractivity contribution >= 4 is 23.7 Å². The van der Waals surface area contributed by atoms with E-state index in [1.165, 1.54) is 13.8 Å². The summed E-state index contributed by atoms with van der Waals surface area (Å²) >= 11 is 0. The van der Waals surface area contributed by atoms with Gasteiger partial charge < -0.3 is 14.2 Å². The summed E-state index contributed by atoms with van der Waals surface area (Å²) in [4.78, 5) is 48.4. The maximum Gasteiger partial charge on any atom is 0.319 e. The fraction of sp³-hybridized carbons (Fsp3) is 0.769. The highest BCUT2D eigenvalue weighted by atomic mass is 16.5. The van der Waals surface area contributed by atoms with Crippen molar-refractivity contribution in [3.63, 3.8) is 0 Å². The number of carbonyl (C=O) groups excluding carboxylic acids is 4. The lowest BCUT2D eigenvalue weighted by Gasteiger charge is -2.28. The number of hydrogen-bond donors (Lipinski definition) is 0. The molecule has 0 aromatic heterocycles. The zero-order chi connectivity index (χ0) is 25.1. The van der Waals surface area contributed by atoms with Gasteiger partial charge in [-0.25, -0.2) is 0 Å². The van der Waals surface area contributed by atoms with Crippen molar-refractivity contribution < 1.29 is 33.4 Å². The molecule has 0 rings (SSSR count). The summed E-state index contributed by atoms with van der Waals surface area (Å²) in [5.74, 6) is -1.29. The van der Waals surface area contributed by atoms with Crippen LogP contribution in [0.4, 0.5) is 0 Å². The summed E-state index contributed by atoms with van der Waals surface area (Å²) < 4.78 is 15.6. The average molecular weight is 469 g/mol. The molecule has 2 atom stereocenters. The number of rotatable bonds is 19.